The molecule has 1 aromatic rings. The second-order valence-corrected chi connectivity index (χ2v) is 5.55. The third kappa shape index (κ3) is 3.10. The molecule has 1 unspecified atom stereocenters. The van der Waals surface area contributed by atoms with Gasteiger partial charge in [-0.2, -0.15) is 0 Å². The molecule has 18 heavy (non-hydrogen) atoms. The van der Waals surface area contributed by atoms with Crippen molar-refractivity contribution in [3.8, 4) is 0 Å². The summed E-state index contributed by atoms with van der Waals surface area (Å²) in [7, 11) is 0. The average molecular weight is 267 g/mol. The Morgan fingerprint density at radius 3 is 3.00 bits per heavy atom. The number of carboxylic acid groups (broad SMARTS) is 1. The minimum absolute atomic E-state index is 0.0172. The van der Waals surface area contributed by atoms with Crippen LogP contribution in [0.25, 0.3) is 0 Å². The molecule has 1 amide bonds. The van der Waals surface area contributed by atoms with Gasteiger partial charge in [-0.05, 0) is 37.1 Å². The normalized spacial score (nSPS) is 19.1. The van der Waals surface area contributed by atoms with Crippen LogP contribution < -0.4 is 0 Å². The van der Waals surface area contributed by atoms with Crippen LogP contribution in [0.3, 0.4) is 0 Å². The van der Waals surface area contributed by atoms with Crippen LogP contribution in [0.1, 0.15) is 30.6 Å². The van der Waals surface area contributed by atoms with E-state index in [1.807, 2.05) is 11.4 Å². The van der Waals surface area contributed by atoms with Crippen molar-refractivity contribution in [1.82, 2.24) is 4.90 Å². The number of carbonyl (C=O) groups is 2. The third-order valence-corrected chi connectivity index (χ3v) is 4.19. The van der Waals surface area contributed by atoms with Gasteiger partial charge in [0, 0.05) is 17.8 Å². The summed E-state index contributed by atoms with van der Waals surface area (Å²) in [5.74, 6) is -0.893. The number of carbonyl (C=O) groups excluding carboxylic acids is 1. The molecule has 98 valence electrons. The lowest BCUT2D eigenvalue weighted by Crippen LogP contribution is -2.40. The highest BCUT2D eigenvalue weighted by atomic mass is 32.1. The van der Waals surface area contributed by atoms with Gasteiger partial charge in [0.1, 0.15) is 6.04 Å². The van der Waals surface area contributed by atoms with Crippen LogP contribution in [0.4, 0.5) is 0 Å². The van der Waals surface area contributed by atoms with Gasteiger partial charge in [0.05, 0.1) is 0 Å². The topological polar surface area (TPSA) is 57.6 Å². The van der Waals surface area contributed by atoms with Crippen LogP contribution in [-0.4, -0.2) is 34.5 Å². The molecule has 1 N–H and O–H groups in total. The molecule has 1 aliphatic heterocycles. The van der Waals surface area contributed by atoms with E-state index in [2.05, 4.69) is 6.07 Å². The molecule has 4 nitrogen and oxygen atoms in total. The van der Waals surface area contributed by atoms with Crippen molar-refractivity contribution in [2.45, 2.75) is 38.1 Å². The Bertz CT molecular complexity index is 416. The van der Waals surface area contributed by atoms with Crippen molar-refractivity contribution in [2.75, 3.05) is 6.54 Å². The highest BCUT2D eigenvalue weighted by Crippen LogP contribution is 2.19. The molecule has 0 aromatic carbocycles. The third-order valence-electron chi connectivity index (χ3n) is 3.25. The lowest BCUT2D eigenvalue weighted by Gasteiger charge is -2.21. The van der Waals surface area contributed by atoms with Gasteiger partial charge in [-0.15, -0.1) is 11.3 Å². The SMILES string of the molecule is O=C(O)C1CCCN1C(=O)CCCc1cccs1. The van der Waals surface area contributed by atoms with Crippen LogP contribution in [0.5, 0.6) is 0 Å². The summed E-state index contributed by atoms with van der Waals surface area (Å²) < 4.78 is 0. The molecule has 1 aromatic heterocycles. The van der Waals surface area contributed by atoms with E-state index in [1.165, 1.54) is 9.78 Å². The first kappa shape index (κ1) is 13.1. The van der Waals surface area contributed by atoms with Crippen molar-refractivity contribution in [3.63, 3.8) is 0 Å². The highest BCUT2D eigenvalue weighted by Gasteiger charge is 2.33. The minimum atomic E-state index is -0.876. The molecule has 0 bridgehead atoms. The second kappa shape index (κ2) is 6.00. The van der Waals surface area contributed by atoms with E-state index in [-0.39, 0.29) is 5.91 Å². The van der Waals surface area contributed by atoms with Crippen molar-refractivity contribution in [1.29, 1.82) is 0 Å². The van der Waals surface area contributed by atoms with Crippen LogP contribution in [0.15, 0.2) is 17.5 Å². The summed E-state index contributed by atoms with van der Waals surface area (Å²) in [6.07, 6.45) is 3.53. The largest absolute Gasteiger partial charge is 0.480 e. The first-order chi connectivity index (χ1) is 8.68. The van der Waals surface area contributed by atoms with Crippen molar-refractivity contribution in [3.05, 3.63) is 22.4 Å². The van der Waals surface area contributed by atoms with Crippen LogP contribution in [0, 0.1) is 0 Å². The number of thiophene rings is 1. The lowest BCUT2D eigenvalue weighted by molar-refractivity contribution is -0.148. The number of carboxylic acids is 1. The molecule has 0 spiro atoms. The Kier molecular flexibility index (Phi) is 4.36. The van der Waals surface area contributed by atoms with E-state index in [9.17, 15) is 9.59 Å². The maximum atomic E-state index is 12.0. The predicted octanol–water partition coefficient (Wildman–Crippen LogP) is 2.15. The zero-order chi connectivity index (χ0) is 13.0. The maximum absolute atomic E-state index is 12.0. The highest BCUT2D eigenvalue weighted by molar-refractivity contribution is 7.09. The first-order valence-corrected chi connectivity index (χ1v) is 7.11. The molecule has 1 atom stereocenters. The van der Waals surface area contributed by atoms with E-state index in [0.717, 1.165) is 19.3 Å². The number of nitrogens with zero attached hydrogens (tertiary/aromatic N) is 1. The zero-order valence-electron chi connectivity index (χ0n) is 10.2. The fraction of sp³-hybridized carbons (Fsp3) is 0.538. The molecule has 5 heteroatoms. The molecule has 1 fully saturated rings. The van der Waals surface area contributed by atoms with E-state index in [0.29, 0.717) is 19.4 Å². The molecular weight excluding hydrogens is 250 g/mol. The van der Waals surface area contributed by atoms with E-state index >= 15 is 0 Å². The standard InChI is InChI=1S/C13H17NO3S/c15-12(7-1-4-10-5-3-9-18-10)14-8-2-6-11(14)13(16)17/h3,5,9,11H,1-2,4,6-8H2,(H,16,17). The van der Waals surface area contributed by atoms with E-state index in [4.69, 9.17) is 5.11 Å². The Labute approximate surface area is 110 Å². The fourth-order valence-electron chi connectivity index (χ4n) is 2.33. The quantitative estimate of drug-likeness (QED) is 0.889. The van der Waals surface area contributed by atoms with E-state index in [1.54, 1.807) is 11.3 Å². The van der Waals surface area contributed by atoms with Gasteiger partial charge in [-0.25, -0.2) is 4.79 Å². The number of hydrogen-bond donors (Lipinski definition) is 1. The van der Waals surface area contributed by atoms with Gasteiger partial charge in [0.15, 0.2) is 0 Å². The molecule has 0 radical (unpaired) electrons. The molecule has 1 saturated heterocycles. The molecular formula is C13H17NO3S. The molecule has 0 saturated carbocycles. The fourth-order valence-corrected chi connectivity index (χ4v) is 3.09. The Morgan fingerprint density at radius 1 is 1.50 bits per heavy atom. The summed E-state index contributed by atoms with van der Waals surface area (Å²) >= 11 is 1.69. The summed E-state index contributed by atoms with van der Waals surface area (Å²) in [6.45, 7) is 0.592. The predicted molar refractivity (Wildman–Crippen MR) is 69.6 cm³/mol. The minimum Gasteiger partial charge on any atom is -0.480 e. The smallest absolute Gasteiger partial charge is 0.326 e. The number of likely N-dealkylation sites (tertiary alicyclic amines) is 1. The van der Waals surface area contributed by atoms with Crippen LogP contribution in [0.2, 0.25) is 0 Å². The first-order valence-electron chi connectivity index (χ1n) is 6.23. The average Bonchev–Trinajstić information content (AvgIpc) is 2.99. The van der Waals surface area contributed by atoms with Crippen LogP contribution in [-0.2, 0) is 16.0 Å². The lowest BCUT2D eigenvalue weighted by atomic mass is 10.2. The molecule has 0 aliphatic carbocycles. The molecule has 2 rings (SSSR count). The number of aliphatic carboxylic acids is 1. The number of rotatable bonds is 5. The Hall–Kier alpha value is -1.36. The number of amides is 1. The van der Waals surface area contributed by atoms with Gasteiger partial charge < -0.3 is 10.0 Å². The summed E-state index contributed by atoms with van der Waals surface area (Å²) in [5, 5.41) is 11.0. The molecule has 1 aliphatic rings. The van der Waals surface area contributed by atoms with Crippen LogP contribution >= 0.6 is 11.3 Å². The zero-order valence-corrected chi connectivity index (χ0v) is 11.0. The van der Waals surface area contributed by atoms with Crippen molar-refractivity contribution < 1.29 is 14.7 Å². The van der Waals surface area contributed by atoms with Gasteiger partial charge >= 0.3 is 5.97 Å². The summed E-state index contributed by atoms with van der Waals surface area (Å²) in [5.41, 5.74) is 0. The number of aryl methyl sites for hydroxylation is 1. The van der Waals surface area contributed by atoms with Gasteiger partial charge in [-0.3, -0.25) is 4.79 Å². The summed E-state index contributed by atoms with van der Waals surface area (Å²) in [4.78, 5) is 25.7. The summed E-state index contributed by atoms with van der Waals surface area (Å²) in [6, 6.07) is 3.47. The van der Waals surface area contributed by atoms with Crippen molar-refractivity contribution >= 4 is 23.2 Å². The maximum Gasteiger partial charge on any atom is 0.326 e. The Morgan fingerprint density at radius 2 is 2.33 bits per heavy atom. The van der Waals surface area contributed by atoms with Gasteiger partial charge in [0.25, 0.3) is 0 Å². The molecule has 2 heterocycles. The van der Waals surface area contributed by atoms with Gasteiger partial charge in [0.2, 0.25) is 5.91 Å². The van der Waals surface area contributed by atoms with Crippen molar-refractivity contribution in [2.24, 2.45) is 0 Å². The van der Waals surface area contributed by atoms with Gasteiger partial charge in [-0.1, -0.05) is 6.07 Å². The second-order valence-electron chi connectivity index (χ2n) is 4.52. The monoisotopic (exact) mass is 267 g/mol. The van der Waals surface area contributed by atoms with E-state index < -0.39 is 12.0 Å². The Balaban J connectivity index is 1.79. The number of hydrogen-bond acceptors (Lipinski definition) is 3.